The van der Waals surface area contributed by atoms with Crippen molar-refractivity contribution in [3.8, 4) is 5.75 Å². The fourth-order valence-electron chi connectivity index (χ4n) is 1.87. The molecule has 0 aliphatic rings. The molecule has 8 heteroatoms. The van der Waals surface area contributed by atoms with Crippen molar-refractivity contribution in [3.05, 3.63) is 35.7 Å². The van der Waals surface area contributed by atoms with Gasteiger partial charge in [0.05, 0.1) is 19.0 Å². The second-order valence-corrected chi connectivity index (χ2v) is 6.34. The molecule has 0 radical (unpaired) electrons. The molecule has 2 rings (SSSR count). The van der Waals surface area contributed by atoms with Crippen LogP contribution in [0.4, 0.5) is 5.69 Å². The van der Waals surface area contributed by atoms with Gasteiger partial charge in [0.1, 0.15) is 10.6 Å². The number of methoxy groups -OCH3 is 1. The minimum absolute atomic E-state index is 0.0323. The standard InChI is InChI=1S/C13H18N4O3S/c1-9-10(7-15-17(9)2)8-16-21(18,19)13-5-4-11(20-3)6-12(13)14/h4-7,16H,8,14H2,1-3H3. The zero-order valence-electron chi connectivity index (χ0n) is 12.1. The Morgan fingerprint density at radius 3 is 2.67 bits per heavy atom. The van der Waals surface area contributed by atoms with E-state index in [-0.39, 0.29) is 17.1 Å². The van der Waals surface area contributed by atoms with Crippen LogP contribution in [0.15, 0.2) is 29.3 Å². The first-order valence-electron chi connectivity index (χ1n) is 6.26. The molecule has 1 heterocycles. The maximum absolute atomic E-state index is 12.3. The summed E-state index contributed by atoms with van der Waals surface area (Å²) in [5.74, 6) is 0.509. The number of aromatic nitrogens is 2. The highest BCUT2D eigenvalue weighted by atomic mass is 32.2. The van der Waals surface area contributed by atoms with Gasteiger partial charge in [0.2, 0.25) is 10.0 Å². The number of aryl methyl sites for hydroxylation is 1. The second-order valence-electron chi connectivity index (χ2n) is 4.61. The van der Waals surface area contributed by atoms with Crippen molar-refractivity contribution in [3.63, 3.8) is 0 Å². The van der Waals surface area contributed by atoms with Gasteiger partial charge in [0, 0.05) is 30.9 Å². The van der Waals surface area contributed by atoms with Crippen LogP contribution in [-0.4, -0.2) is 25.3 Å². The molecule has 0 bridgehead atoms. The molecule has 0 aliphatic heterocycles. The number of rotatable bonds is 5. The van der Waals surface area contributed by atoms with Gasteiger partial charge in [-0.3, -0.25) is 4.68 Å². The predicted molar refractivity (Wildman–Crippen MR) is 79.4 cm³/mol. The van der Waals surface area contributed by atoms with Gasteiger partial charge in [-0.15, -0.1) is 0 Å². The van der Waals surface area contributed by atoms with Crippen LogP contribution in [0.3, 0.4) is 0 Å². The van der Waals surface area contributed by atoms with E-state index >= 15 is 0 Å². The quantitative estimate of drug-likeness (QED) is 0.796. The number of ether oxygens (including phenoxy) is 1. The lowest BCUT2D eigenvalue weighted by Crippen LogP contribution is -2.24. The Bertz CT molecular complexity index is 753. The molecule has 0 unspecified atom stereocenters. The van der Waals surface area contributed by atoms with Crippen molar-refractivity contribution < 1.29 is 13.2 Å². The van der Waals surface area contributed by atoms with Gasteiger partial charge >= 0.3 is 0 Å². The number of hydrogen-bond donors (Lipinski definition) is 2. The molecule has 2 aromatic rings. The van der Waals surface area contributed by atoms with Crippen molar-refractivity contribution in [1.82, 2.24) is 14.5 Å². The Morgan fingerprint density at radius 2 is 2.14 bits per heavy atom. The lowest BCUT2D eigenvalue weighted by molar-refractivity contribution is 0.414. The topological polar surface area (TPSA) is 99.2 Å². The van der Waals surface area contributed by atoms with Crippen LogP contribution in [0, 0.1) is 6.92 Å². The van der Waals surface area contributed by atoms with E-state index in [0.717, 1.165) is 11.3 Å². The number of hydrogen-bond acceptors (Lipinski definition) is 5. The number of benzene rings is 1. The van der Waals surface area contributed by atoms with E-state index in [9.17, 15) is 8.42 Å². The van der Waals surface area contributed by atoms with E-state index in [1.807, 2.05) is 6.92 Å². The fraction of sp³-hybridized carbons (Fsp3) is 0.308. The number of nitrogens with two attached hydrogens (primary N) is 1. The first-order chi connectivity index (χ1) is 9.85. The smallest absolute Gasteiger partial charge is 0.242 e. The summed E-state index contributed by atoms with van der Waals surface area (Å²) in [4.78, 5) is 0.0323. The summed E-state index contributed by atoms with van der Waals surface area (Å²) in [6.07, 6.45) is 1.63. The van der Waals surface area contributed by atoms with E-state index in [4.69, 9.17) is 10.5 Å². The zero-order chi connectivity index (χ0) is 15.6. The summed E-state index contributed by atoms with van der Waals surface area (Å²) in [5, 5.41) is 4.07. The highest BCUT2D eigenvalue weighted by molar-refractivity contribution is 7.89. The van der Waals surface area contributed by atoms with Crippen LogP contribution < -0.4 is 15.2 Å². The molecular formula is C13H18N4O3S. The molecule has 1 aromatic heterocycles. The molecular weight excluding hydrogens is 292 g/mol. The molecule has 3 N–H and O–H groups in total. The van der Waals surface area contributed by atoms with Gasteiger partial charge in [-0.05, 0) is 19.1 Å². The maximum Gasteiger partial charge on any atom is 0.242 e. The van der Waals surface area contributed by atoms with E-state index in [0.29, 0.717) is 5.75 Å². The maximum atomic E-state index is 12.3. The Labute approximate surface area is 123 Å². The number of sulfonamides is 1. The van der Waals surface area contributed by atoms with Crippen molar-refractivity contribution >= 4 is 15.7 Å². The van der Waals surface area contributed by atoms with Gasteiger partial charge in [0.25, 0.3) is 0 Å². The third-order valence-corrected chi connectivity index (χ3v) is 4.77. The average Bonchev–Trinajstić information content (AvgIpc) is 2.76. The zero-order valence-corrected chi connectivity index (χ0v) is 12.9. The Balaban J connectivity index is 2.21. The van der Waals surface area contributed by atoms with Gasteiger partial charge in [-0.2, -0.15) is 5.10 Å². The highest BCUT2D eigenvalue weighted by Gasteiger charge is 2.18. The van der Waals surface area contributed by atoms with Gasteiger partial charge < -0.3 is 10.5 Å². The van der Waals surface area contributed by atoms with Crippen LogP contribution in [0.5, 0.6) is 5.75 Å². The summed E-state index contributed by atoms with van der Waals surface area (Å²) in [6.45, 7) is 2.03. The summed E-state index contributed by atoms with van der Waals surface area (Å²) in [6, 6.07) is 4.46. The molecule has 0 spiro atoms. The molecule has 21 heavy (non-hydrogen) atoms. The summed E-state index contributed by atoms with van der Waals surface area (Å²) >= 11 is 0. The van der Waals surface area contributed by atoms with Crippen molar-refractivity contribution in [1.29, 1.82) is 0 Å². The van der Waals surface area contributed by atoms with E-state index in [2.05, 4.69) is 9.82 Å². The number of nitrogens with zero attached hydrogens (tertiary/aromatic N) is 2. The largest absolute Gasteiger partial charge is 0.497 e. The van der Waals surface area contributed by atoms with Crippen molar-refractivity contribution in [2.24, 2.45) is 7.05 Å². The van der Waals surface area contributed by atoms with E-state index in [1.165, 1.54) is 19.2 Å². The first kappa shape index (κ1) is 15.3. The molecule has 0 aliphatic carbocycles. The summed E-state index contributed by atoms with van der Waals surface area (Å²) in [7, 11) is -0.396. The second kappa shape index (κ2) is 5.74. The summed E-state index contributed by atoms with van der Waals surface area (Å²) in [5.41, 5.74) is 7.63. The van der Waals surface area contributed by atoms with E-state index in [1.54, 1.807) is 24.0 Å². The molecule has 0 saturated heterocycles. The number of nitrogens with one attached hydrogen (secondary N) is 1. The monoisotopic (exact) mass is 310 g/mol. The first-order valence-corrected chi connectivity index (χ1v) is 7.74. The predicted octanol–water partition coefficient (Wildman–Crippen LogP) is 0.798. The van der Waals surface area contributed by atoms with Crippen LogP contribution >= 0.6 is 0 Å². The van der Waals surface area contributed by atoms with Crippen LogP contribution in [0.2, 0.25) is 0 Å². The minimum atomic E-state index is -3.69. The Morgan fingerprint density at radius 1 is 1.43 bits per heavy atom. The lowest BCUT2D eigenvalue weighted by atomic mass is 10.3. The molecule has 0 atom stereocenters. The van der Waals surface area contributed by atoms with Gasteiger partial charge in [-0.25, -0.2) is 13.1 Å². The molecule has 0 fully saturated rings. The molecule has 0 saturated carbocycles. The fourth-order valence-corrected chi connectivity index (χ4v) is 2.98. The van der Waals surface area contributed by atoms with Gasteiger partial charge in [0.15, 0.2) is 0 Å². The van der Waals surface area contributed by atoms with Gasteiger partial charge in [-0.1, -0.05) is 0 Å². The molecule has 0 amide bonds. The molecule has 1 aromatic carbocycles. The van der Waals surface area contributed by atoms with Crippen molar-refractivity contribution in [2.45, 2.75) is 18.4 Å². The van der Waals surface area contributed by atoms with Crippen LogP contribution in [0.25, 0.3) is 0 Å². The van der Waals surface area contributed by atoms with Crippen LogP contribution in [0.1, 0.15) is 11.3 Å². The molecule has 114 valence electrons. The molecule has 7 nitrogen and oxygen atoms in total. The number of nitrogen functional groups attached to an aromatic ring is 1. The number of anilines is 1. The van der Waals surface area contributed by atoms with Crippen molar-refractivity contribution in [2.75, 3.05) is 12.8 Å². The third kappa shape index (κ3) is 3.17. The minimum Gasteiger partial charge on any atom is -0.497 e. The Hall–Kier alpha value is -2.06. The highest BCUT2D eigenvalue weighted by Crippen LogP contribution is 2.23. The Kier molecular flexibility index (Phi) is 4.19. The lowest BCUT2D eigenvalue weighted by Gasteiger charge is -2.10. The summed E-state index contributed by atoms with van der Waals surface area (Å²) < 4.78 is 33.8. The normalized spacial score (nSPS) is 11.6. The third-order valence-electron chi connectivity index (χ3n) is 3.30. The van der Waals surface area contributed by atoms with Crippen LogP contribution in [-0.2, 0) is 23.6 Å². The van der Waals surface area contributed by atoms with E-state index < -0.39 is 10.0 Å². The SMILES string of the molecule is COc1ccc(S(=O)(=O)NCc2cnn(C)c2C)c(N)c1. The average molecular weight is 310 g/mol.